The number of carbonyl (C=O) groups excluding carboxylic acids is 1. The third-order valence-corrected chi connectivity index (χ3v) is 2.81. The van der Waals surface area contributed by atoms with Crippen molar-refractivity contribution in [3.05, 3.63) is 30.3 Å². The third kappa shape index (κ3) is 4.39. The highest BCUT2D eigenvalue weighted by atomic mass is 32.2. The normalized spacial score (nSPS) is 11.1. The van der Waals surface area contributed by atoms with Crippen LogP contribution in [0.3, 0.4) is 0 Å². The lowest BCUT2D eigenvalue weighted by Crippen LogP contribution is -2.39. The van der Waals surface area contributed by atoms with Gasteiger partial charge in [0, 0.05) is 12.7 Å². The van der Waals surface area contributed by atoms with E-state index in [9.17, 15) is 13.2 Å². The Morgan fingerprint density at radius 2 is 1.88 bits per heavy atom. The second-order valence-corrected chi connectivity index (χ2v) is 4.65. The van der Waals surface area contributed by atoms with Gasteiger partial charge in [-0.1, -0.05) is 18.2 Å². The summed E-state index contributed by atoms with van der Waals surface area (Å²) in [5, 5.41) is 2.54. The second-order valence-electron chi connectivity index (χ2n) is 2.94. The van der Waals surface area contributed by atoms with Crippen LogP contribution in [0.2, 0.25) is 0 Å². The summed E-state index contributed by atoms with van der Waals surface area (Å²) in [6.45, 7) is -0.307. The SMILES string of the molecule is CNS(=O)(=O)NCC(=O)Nc1ccccc1. The molecule has 0 fully saturated rings. The summed E-state index contributed by atoms with van der Waals surface area (Å²) in [4.78, 5) is 11.3. The number of anilines is 1. The maximum absolute atomic E-state index is 11.3. The molecule has 0 heterocycles. The van der Waals surface area contributed by atoms with E-state index in [-0.39, 0.29) is 6.54 Å². The third-order valence-electron chi connectivity index (χ3n) is 1.75. The Morgan fingerprint density at radius 3 is 2.44 bits per heavy atom. The zero-order chi connectivity index (χ0) is 12.0. The van der Waals surface area contributed by atoms with Crippen molar-refractivity contribution in [1.82, 2.24) is 9.44 Å². The summed E-state index contributed by atoms with van der Waals surface area (Å²) >= 11 is 0. The Bertz CT molecular complexity index is 444. The molecule has 0 aliphatic heterocycles. The number of rotatable bonds is 5. The number of hydrogen-bond acceptors (Lipinski definition) is 3. The monoisotopic (exact) mass is 243 g/mol. The summed E-state index contributed by atoms with van der Waals surface area (Å²) in [5.41, 5.74) is 0.621. The fourth-order valence-corrected chi connectivity index (χ4v) is 1.42. The summed E-state index contributed by atoms with van der Waals surface area (Å²) < 4.78 is 26.0. The van der Waals surface area contributed by atoms with Crippen LogP contribution in [-0.4, -0.2) is 27.9 Å². The van der Waals surface area contributed by atoms with Crippen LogP contribution in [-0.2, 0) is 15.0 Å². The van der Waals surface area contributed by atoms with Gasteiger partial charge < -0.3 is 5.32 Å². The van der Waals surface area contributed by atoms with Gasteiger partial charge in [0.25, 0.3) is 10.2 Å². The van der Waals surface area contributed by atoms with Gasteiger partial charge in [-0.3, -0.25) is 4.79 Å². The van der Waals surface area contributed by atoms with Gasteiger partial charge >= 0.3 is 0 Å². The molecule has 7 heteroatoms. The smallest absolute Gasteiger partial charge is 0.277 e. The maximum Gasteiger partial charge on any atom is 0.277 e. The van der Waals surface area contributed by atoms with Crippen LogP contribution in [0.4, 0.5) is 5.69 Å². The predicted octanol–water partition coefficient (Wildman–Crippen LogP) is -0.321. The molecule has 0 unspecified atom stereocenters. The number of carbonyl (C=O) groups is 1. The number of nitrogens with one attached hydrogen (secondary N) is 3. The lowest BCUT2D eigenvalue weighted by atomic mass is 10.3. The molecule has 0 aliphatic carbocycles. The molecule has 0 saturated heterocycles. The number of para-hydroxylation sites is 1. The molecule has 0 atom stereocenters. The van der Waals surface area contributed by atoms with Gasteiger partial charge in [0.1, 0.15) is 0 Å². The van der Waals surface area contributed by atoms with Crippen LogP contribution in [0.15, 0.2) is 30.3 Å². The lowest BCUT2D eigenvalue weighted by molar-refractivity contribution is -0.115. The van der Waals surface area contributed by atoms with E-state index in [4.69, 9.17) is 0 Å². The van der Waals surface area contributed by atoms with Crippen molar-refractivity contribution in [1.29, 1.82) is 0 Å². The average molecular weight is 243 g/mol. The Hall–Kier alpha value is -1.44. The molecule has 3 N–H and O–H groups in total. The minimum atomic E-state index is -3.57. The van der Waals surface area contributed by atoms with Crippen molar-refractivity contribution in [3.8, 4) is 0 Å². The van der Waals surface area contributed by atoms with Crippen molar-refractivity contribution in [2.45, 2.75) is 0 Å². The zero-order valence-corrected chi connectivity index (χ0v) is 9.54. The van der Waals surface area contributed by atoms with Gasteiger partial charge in [0.15, 0.2) is 0 Å². The molecule has 88 valence electrons. The van der Waals surface area contributed by atoms with E-state index in [2.05, 4.69) is 10.0 Å². The standard InChI is InChI=1S/C9H13N3O3S/c1-10-16(14,15)11-7-9(13)12-8-5-3-2-4-6-8/h2-6,10-11H,7H2,1H3,(H,12,13). The topological polar surface area (TPSA) is 87.3 Å². The zero-order valence-electron chi connectivity index (χ0n) is 8.73. The Kier molecular flexibility index (Phi) is 4.41. The molecule has 1 amide bonds. The highest BCUT2D eigenvalue weighted by molar-refractivity contribution is 7.87. The molecular weight excluding hydrogens is 230 g/mol. The van der Waals surface area contributed by atoms with E-state index in [1.165, 1.54) is 7.05 Å². The van der Waals surface area contributed by atoms with Crippen LogP contribution in [0, 0.1) is 0 Å². The van der Waals surface area contributed by atoms with Gasteiger partial charge in [0.05, 0.1) is 6.54 Å². The molecule has 16 heavy (non-hydrogen) atoms. The molecule has 6 nitrogen and oxygen atoms in total. The maximum atomic E-state index is 11.3. The average Bonchev–Trinajstić information content (AvgIpc) is 2.28. The van der Waals surface area contributed by atoms with Crippen LogP contribution in [0.1, 0.15) is 0 Å². The Morgan fingerprint density at radius 1 is 1.25 bits per heavy atom. The van der Waals surface area contributed by atoms with Crippen molar-refractivity contribution < 1.29 is 13.2 Å². The summed E-state index contributed by atoms with van der Waals surface area (Å²) in [5.74, 6) is -0.426. The highest BCUT2D eigenvalue weighted by Gasteiger charge is 2.08. The lowest BCUT2D eigenvalue weighted by Gasteiger charge is -2.06. The van der Waals surface area contributed by atoms with E-state index in [1.807, 2.05) is 10.8 Å². The van der Waals surface area contributed by atoms with E-state index in [0.717, 1.165) is 0 Å². The van der Waals surface area contributed by atoms with Crippen LogP contribution < -0.4 is 14.8 Å². The van der Waals surface area contributed by atoms with E-state index >= 15 is 0 Å². The number of benzene rings is 1. The first-order chi connectivity index (χ1) is 7.53. The molecule has 1 aromatic carbocycles. The second kappa shape index (κ2) is 5.59. The molecule has 1 aromatic rings. The summed E-state index contributed by atoms with van der Waals surface area (Å²) in [6, 6.07) is 8.79. The van der Waals surface area contributed by atoms with Gasteiger partial charge in [-0.2, -0.15) is 13.1 Å². The first kappa shape index (κ1) is 12.6. The highest BCUT2D eigenvalue weighted by Crippen LogP contribution is 2.03. The van der Waals surface area contributed by atoms with Gasteiger partial charge in [-0.25, -0.2) is 4.72 Å². The van der Waals surface area contributed by atoms with Crippen LogP contribution in [0.25, 0.3) is 0 Å². The van der Waals surface area contributed by atoms with Gasteiger partial charge in [0.2, 0.25) is 5.91 Å². The van der Waals surface area contributed by atoms with Crippen molar-refractivity contribution in [2.24, 2.45) is 0 Å². The summed E-state index contributed by atoms with van der Waals surface area (Å²) in [6.07, 6.45) is 0. The number of amides is 1. The van der Waals surface area contributed by atoms with Crippen LogP contribution >= 0.6 is 0 Å². The molecule has 0 aromatic heterocycles. The molecule has 0 aliphatic rings. The first-order valence-electron chi connectivity index (χ1n) is 4.56. The Labute approximate surface area is 94.2 Å². The van der Waals surface area contributed by atoms with Gasteiger partial charge in [-0.05, 0) is 12.1 Å². The van der Waals surface area contributed by atoms with Crippen molar-refractivity contribution >= 4 is 21.8 Å². The van der Waals surface area contributed by atoms with Gasteiger partial charge in [-0.15, -0.1) is 0 Å². The minimum absolute atomic E-state index is 0.307. The molecule has 0 saturated carbocycles. The molecule has 0 radical (unpaired) electrons. The molecule has 0 bridgehead atoms. The molecule has 1 rings (SSSR count). The van der Waals surface area contributed by atoms with E-state index < -0.39 is 16.1 Å². The summed E-state index contributed by atoms with van der Waals surface area (Å²) in [7, 11) is -2.31. The fraction of sp³-hybridized carbons (Fsp3) is 0.222. The Balaban J connectivity index is 2.44. The predicted molar refractivity (Wildman–Crippen MR) is 61.1 cm³/mol. The number of hydrogen-bond donors (Lipinski definition) is 3. The molecule has 0 spiro atoms. The van der Waals surface area contributed by atoms with Crippen LogP contribution in [0.5, 0.6) is 0 Å². The largest absolute Gasteiger partial charge is 0.325 e. The van der Waals surface area contributed by atoms with E-state index in [0.29, 0.717) is 5.69 Å². The quantitative estimate of drug-likeness (QED) is 0.662. The molecular formula is C9H13N3O3S. The van der Waals surface area contributed by atoms with Crippen molar-refractivity contribution in [3.63, 3.8) is 0 Å². The van der Waals surface area contributed by atoms with Crippen molar-refractivity contribution in [2.75, 3.05) is 18.9 Å². The first-order valence-corrected chi connectivity index (χ1v) is 6.05. The minimum Gasteiger partial charge on any atom is -0.325 e. The fourth-order valence-electron chi connectivity index (χ4n) is 0.959. The van der Waals surface area contributed by atoms with E-state index in [1.54, 1.807) is 24.3 Å².